The van der Waals surface area contributed by atoms with Gasteiger partial charge in [0, 0.05) is 20.4 Å². The number of ether oxygens (including phenoxy) is 1. The summed E-state index contributed by atoms with van der Waals surface area (Å²) in [5.74, 6) is -0.417. The number of hydrogen-bond donors (Lipinski definition) is 1. The highest BCUT2D eigenvalue weighted by atomic mass is 16.5. The van der Waals surface area contributed by atoms with Crippen molar-refractivity contribution >= 4 is 5.91 Å². The smallest absolute Gasteiger partial charge is 0.238 e. The molecule has 0 heterocycles. The Morgan fingerprint density at radius 1 is 1.53 bits per heavy atom. The van der Waals surface area contributed by atoms with Crippen LogP contribution in [0.4, 0.5) is 0 Å². The number of likely N-dealkylation sites (N-methyl/N-ethyl adjacent to an activating group) is 1. The van der Waals surface area contributed by atoms with Gasteiger partial charge in [0.1, 0.15) is 6.54 Å². The predicted octanol–water partition coefficient (Wildman–Crippen LogP) is 1.87. The van der Waals surface area contributed by atoms with Gasteiger partial charge in [-0.15, -0.1) is 0 Å². The summed E-state index contributed by atoms with van der Waals surface area (Å²) in [7, 11) is 3.47. The topological polar surface area (TPSA) is 58.8 Å². The van der Waals surface area contributed by atoms with Gasteiger partial charge in [-0.25, -0.2) is 0 Å². The lowest BCUT2D eigenvalue weighted by Gasteiger charge is -2.41. The molecule has 0 aliphatic heterocycles. The molecule has 0 spiro atoms. The minimum Gasteiger partial charge on any atom is -0.368 e. The summed E-state index contributed by atoms with van der Waals surface area (Å²) in [5.41, 5.74) is 5.82. The first kappa shape index (κ1) is 17.7. The van der Waals surface area contributed by atoms with Crippen molar-refractivity contribution in [1.82, 2.24) is 10.0 Å². The molecule has 1 atom stereocenters. The van der Waals surface area contributed by atoms with E-state index >= 15 is 0 Å². The number of hydrogen-bond acceptors (Lipinski definition) is 4. The van der Waals surface area contributed by atoms with Gasteiger partial charge < -0.3 is 15.5 Å². The lowest BCUT2D eigenvalue weighted by Crippen LogP contribution is -2.53. The molecular weight excluding hydrogens is 242 g/mol. The van der Waals surface area contributed by atoms with Crippen molar-refractivity contribution < 1.29 is 9.53 Å². The molecule has 0 aromatic carbocycles. The maximum absolute atomic E-state index is 11.1. The van der Waals surface area contributed by atoms with Gasteiger partial charge in [0.25, 0.3) is 0 Å². The van der Waals surface area contributed by atoms with Crippen molar-refractivity contribution in [2.45, 2.75) is 39.3 Å². The lowest BCUT2D eigenvalue weighted by atomic mass is 10.1. The highest BCUT2D eigenvalue weighted by Crippen LogP contribution is 2.21. The van der Waals surface area contributed by atoms with E-state index in [1.54, 1.807) is 18.3 Å². The summed E-state index contributed by atoms with van der Waals surface area (Å²) in [5, 5.41) is 3.45. The highest BCUT2D eigenvalue weighted by molar-refractivity contribution is 5.75. The van der Waals surface area contributed by atoms with Gasteiger partial charge in [-0.2, -0.15) is 5.01 Å². The Morgan fingerprint density at radius 3 is 2.47 bits per heavy atom. The SMILES string of the molecule is C=CN(CC(N)=O)N(C)C(C)(/C=C(\C)CCC)OC. The maximum Gasteiger partial charge on any atom is 0.238 e. The molecule has 0 saturated carbocycles. The Balaban J connectivity index is 5.13. The molecule has 0 aliphatic rings. The fourth-order valence-electron chi connectivity index (χ4n) is 1.92. The molecule has 0 fully saturated rings. The van der Waals surface area contributed by atoms with E-state index in [4.69, 9.17) is 10.5 Å². The monoisotopic (exact) mass is 269 g/mol. The molecule has 0 aliphatic carbocycles. The molecule has 0 bridgehead atoms. The van der Waals surface area contributed by atoms with Crippen LogP contribution in [-0.2, 0) is 9.53 Å². The zero-order valence-electron chi connectivity index (χ0n) is 12.8. The Morgan fingerprint density at radius 2 is 2.11 bits per heavy atom. The van der Waals surface area contributed by atoms with Crippen LogP contribution in [0.2, 0.25) is 0 Å². The van der Waals surface area contributed by atoms with Gasteiger partial charge >= 0.3 is 0 Å². The van der Waals surface area contributed by atoms with E-state index in [1.807, 2.05) is 25.1 Å². The molecule has 0 rings (SSSR count). The predicted molar refractivity (Wildman–Crippen MR) is 77.9 cm³/mol. The van der Waals surface area contributed by atoms with E-state index < -0.39 is 11.6 Å². The van der Waals surface area contributed by atoms with Gasteiger partial charge in [0.2, 0.25) is 5.91 Å². The summed E-state index contributed by atoms with van der Waals surface area (Å²) < 4.78 is 5.59. The van der Waals surface area contributed by atoms with Gasteiger partial charge in [0.15, 0.2) is 5.72 Å². The molecule has 110 valence electrons. The second kappa shape index (κ2) is 7.96. The number of rotatable bonds is 9. The fourth-order valence-corrected chi connectivity index (χ4v) is 1.92. The summed E-state index contributed by atoms with van der Waals surface area (Å²) in [6.07, 6.45) is 5.70. The second-order valence-corrected chi connectivity index (χ2v) is 4.77. The summed E-state index contributed by atoms with van der Waals surface area (Å²) in [6, 6.07) is 0. The van der Waals surface area contributed by atoms with Crippen LogP contribution in [0.5, 0.6) is 0 Å². The molecule has 2 N–H and O–H groups in total. The first-order valence-corrected chi connectivity index (χ1v) is 6.45. The van der Waals surface area contributed by atoms with E-state index in [1.165, 1.54) is 5.57 Å². The maximum atomic E-state index is 11.1. The fraction of sp³-hybridized carbons (Fsp3) is 0.643. The Kier molecular flexibility index (Phi) is 7.41. The number of nitrogens with zero attached hydrogens (tertiary/aromatic N) is 2. The van der Waals surface area contributed by atoms with Crippen LogP contribution in [-0.4, -0.2) is 42.4 Å². The van der Waals surface area contributed by atoms with Crippen LogP contribution in [0.15, 0.2) is 24.4 Å². The van der Waals surface area contributed by atoms with E-state index in [9.17, 15) is 4.79 Å². The molecule has 19 heavy (non-hydrogen) atoms. The van der Waals surface area contributed by atoms with E-state index in [0.29, 0.717) is 0 Å². The van der Waals surface area contributed by atoms with Crippen molar-refractivity contribution in [2.75, 3.05) is 20.7 Å². The number of methoxy groups -OCH3 is 1. The number of nitrogens with two attached hydrogens (primary N) is 1. The summed E-state index contributed by atoms with van der Waals surface area (Å²) in [6.45, 7) is 9.91. The lowest BCUT2D eigenvalue weighted by molar-refractivity contribution is -0.162. The third-order valence-corrected chi connectivity index (χ3v) is 3.13. The number of carbonyl (C=O) groups is 1. The zero-order valence-corrected chi connectivity index (χ0v) is 12.8. The normalized spacial score (nSPS) is 15.2. The minimum absolute atomic E-state index is 0.0691. The van der Waals surface area contributed by atoms with Crippen LogP contribution in [0.1, 0.15) is 33.6 Å². The summed E-state index contributed by atoms with van der Waals surface area (Å²) in [4.78, 5) is 11.1. The number of hydrazine groups is 1. The largest absolute Gasteiger partial charge is 0.368 e. The van der Waals surface area contributed by atoms with Crippen molar-refractivity contribution in [3.8, 4) is 0 Å². The first-order chi connectivity index (χ1) is 8.80. The van der Waals surface area contributed by atoms with Crippen molar-refractivity contribution in [3.63, 3.8) is 0 Å². The molecule has 5 heteroatoms. The van der Waals surface area contributed by atoms with Crippen LogP contribution < -0.4 is 5.73 Å². The number of primary amides is 1. The van der Waals surface area contributed by atoms with Gasteiger partial charge in [-0.1, -0.05) is 25.5 Å². The van der Waals surface area contributed by atoms with Gasteiger partial charge in [0.05, 0.1) is 0 Å². The van der Waals surface area contributed by atoms with E-state index in [-0.39, 0.29) is 6.54 Å². The third-order valence-electron chi connectivity index (χ3n) is 3.13. The third kappa shape index (κ3) is 5.44. The van der Waals surface area contributed by atoms with E-state index in [0.717, 1.165) is 12.8 Å². The van der Waals surface area contributed by atoms with Crippen LogP contribution >= 0.6 is 0 Å². The van der Waals surface area contributed by atoms with Crippen LogP contribution in [0.3, 0.4) is 0 Å². The average molecular weight is 269 g/mol. The molecule has 0 radical (unpaired) electrons. The van der Waals surface area contributed by atoms with Crippen LogP contribution in [0.25, 0.3) is 0 Å². The molecule has 0 aromatic rings. The Hall–Kier alpha value is -1.33. The van der Waals surface area contributed by atoms with Crippen molar-refractivity contribution in [2.24, 2.45) is 5.73 Å². The van der Waals surface area contributed by atoms with Gasteiger partial charge in [-0.05, 0) is 26.3 Å². The zero-order chi connectivity index (χ0) is 15.1. The molecule has 0 aromatic heterocycles. The Labute approximate surface area is 116 Å². The first-order valence-electron chi connectivity index (χ1n) is 6.45. The van der Waals surface area contributed by atoms with Crippen molar-refractivity contribution in [1.29, 1.82) is 0 Å². The standard InChI is InChI=1S/C14H27N3O2/c1-7-9-12(3)10-14(4,19-6)16(5)17(8-2)11-13(15)18/h8,10H,2,7,9,11H2,1,3-6H3,(H2,15,18)/b12-10+. The van der Waals surface area contributed by atoms with Crippen LogP contribution in [0, 0.1) is 0 Å². The molecule has 1 unspecified atom stereocenters. The average Bonchev–Trinajstić information content (AvgIpc) is 2.34. The summed E-state index contributed by atoms with van der Waals surface area (Å²) >= 11 is 0. The minimum atomic E-state index is -0.650. The quantitative estimate of drug-likeness (QED) is 0.394. The number of amides is 1. The van der Waals surface area contributed by atoms with Gasteiger partial charge in [-0.3, -0.25) is 4.79 Å². The molecular formula is C14H27N3O2. The highest BCUT2D eigenvalue weighted by Gasteiger charge is 2.30. The van der Waals surface area contributed by atoms with E-state index in [2.05, 4.69) is 20.4 Å². The number of carbonyl (C=O) groups excluding carboxylic acids is 1. The second-order valence-electron chi connectivity index (χ2n) is 4.77. The number of allylic oxidation sites excluding steroid dienone is 1. The molecule has 0 saturated heterocycles. The van der Waals surface area contributed by atoms with Crippen molar-refractivity contribution in [3.05, 3.63) is 24.4 Å². The Bertz CT molecular complexity index is 342. The molecule has 1 amide bonds. The molecule has 5 nitrogen and oxygen atoms in total.